The van der Waals surface area contributed by atoms with Crippen molar-refractivity contribution in [2.75, 3.05) is 0 Å². The number of aromatic hydroxyl groups is 2. The topological polar surface area (TPSA) is 60.7 Å². The molecule has 3 heteroatoms. The van der Waals surface area contributed by atoms with Gasteiger partial charge in [-0.25, -0.2) is 0 Å². The molecule has 1 rings (SSSR count). The Bertz CT molecular complexity index is 789. The van der Waals surface area contributed by atoms with Gasteiger partial charge in [-0.1, -0.05) is 97.3 Å². The second-order valence-corrected chi connectivity index (χ2v) is 11.4. The molecule has 0 aliphatic heterocycles. The molecule has 0 aliphatic carbocycles. The Kier molecular flexibility index (Phi) is 13.0. The minimum absolute atomic E-state index is 0.159. The molecule has 0 bridgehead atoms. The van der Waals surface area contributed by atoms with Crippen molar-refractivity contribution in [3.63, 3.8) is 0 Å². The van der Waals surface area contributed by atoms with E-state index in [1.54, 1.807) is 32.1 Å². The normalized spacial score (nSPS) is 15.6. The summed E-state index contributed by atoms with van der Waals surface area (Å²) in [4.78, 5) is 0. The lowest BCUT2D eigenvalue weighted by atomic mass is 9.89. The average Bonchev–Trinajstić information content (AvgIpc) is 2.75. The molecule has 1 aromatic rings. The maximum Gasteiger partial charge on any atom is 0.126 e. The molecule has 0 unspecified atom stereocenters. The van der Waals surface area contributed by atoms with Crippen LogP contribution in [0, 0.1) is 31.6 Å². The van der Waals surface area contributed by atoms with E-state index in [9.17, 15) is 15.3 Å². The monoisotopic (exact) mass is 472 g/mol. The molecule has 0 aliphatic rings. The molecule has 3 N–H and O–H groups in total. The lowest BCUT2D eigenvalue weighted by Gasteiger charge is -2.21. The number of allylic oxidation sites excluding steroid dienone is 1. The Morgan fingerprint density at radius 2 is 1.32 bits per heavy atom. The van der Waals surface area contributed by atoms with Crippen LogP contribution in [0.4, 0.5) is 0 Å². The zero-order valence-electron chi connectivity index (χ0n) is 23.1. The van der Waals surface area contributed by atoms with E-state index < -0.39 is 5.60 Å². The highest BCUT2D eigenvalue weighted by atomic mass is 16.3. The van der Waals surface area contributed by atoms with Crippen LogP contribution >= 0.6 is 0 Å². The van der Waals surface area contributed by atoms with Crippen LogP contribution in [0.3, 0.4) is 0 Å². The molecular formula is C31H52O3. The molecule has 0 aromatic heterocycles. The number of rotatable bonds is 16. The van der Waals surface area contributed by atoms with E-state index in [1.165, 1.54) is 38.5 Å². The van der Waals surface area contributed by atoms with Crippen LogP contribution < -0.4 is 0 Å². The first-order chi connectivity index (χ1) is 15.9. The lowest BCUT2D eigenvalue weighted by Crippen LogP contribution is -2.20. The maximum atomic E-state index is 10.9. The molecule has 0 amide bonds. The summed E-state index contributed by atoms with van der Waals surface area (Å²) in [7, 11) is 0. The number of benzene rings is 1. The van der Waals surface area contributed by atoms with E-state index in [-0.39, 0.29) is 11.5 Å². The summed E-state index contributed by atoms with van der Waals surface area (Å²) in [6.45, 7) is 18.5. The molecule has 0 spiro atoms. The van der Waals surface area contributed by atoms with Gasteiger partial charge in [0.2, 0.25) is 0 Å². The van der Waals surface area contributed by atoms with Crippen LogP contribution in [-0.2, 0) is 6.42 Å². The highest BCUT2D eigenvalue weighted by Crippen LogP contribution is 2.38. The molecule has 0 radical (unpaired) electrons. The number of phenolic OH excluding ortho intramolecular Hbond substituents is 2. The third kappa shape index (κ3) is 10.3. The van der Waals surface area contributed by atoms with Gasteiger partial charge in [-0.15, -0.1) is 6.58 Å². The van der Waals surface area contributed by atoms with Gasteiger partial charge in [0.05, 0.1) is 5.60 Å². The molecule has 0 saturated heterocycles. The highest BCUT2D eigenvalue weighted by molar-refractivity contribution is 5.69. The third-order valence-corrected chi connectivity index (χ3v) is 7.35. The fourth-order valence-corrected chi connectivity index (χ4v) is 4.72. The van der Waals surface area contributed by atoms with E-state index in [1.807, 2.05) is 6.92 Å². The minimum atomic E-state index is -0.961. The van der Waals surface area contributed by atoms with Gasteiger partial charge in [0.1, 0.15) is 11.5 Å². The molecule has 0 saturated carbocycles. The summed E-state index contributed by atoms with van der Waals surface area (Å²) >= 11 is 0. The first kappa shape index (κ1) is 30.3. The summed E-state index contributed by atoms with van der Waals surface area (Å²) in [5.74, 6) is 2.66. The highest BCUT2D eigenvalue weighted by Gasteiger charge is 2.20. The predicted molar refractivity (Wildman–Crippen MR) is 148 cm³/mol. The molecular weight excluding hydrogens is 420 g/mol. The summed E-state index contributed by atoms with van der Waals surface area (Å²) in [6, 6.07) is 0. The van der Waals surface area contributed by atoms with Crippen LogP contribution in [0.25, 0.3) is 6.08 Å². The number of hydrogen-bond donors (Lipinski definition) is 3. The molecule has 0 fully saturated rings. The van der Waals surface area contributed by atoms with Gasteiger partial charge < -0.3 is 15.3 Å². The zero-order valence-corrected chi connectivity index (χ0v) is 23.1. The molecule has 194 valence electrons. The van der Waals surface area contributed by atoms with E-state index in [0.717, 1.165) is 24.7 Å². The number of phenols is 2. The standard InChI is InChI=1S/C31H52O3/c1-9-13-27-28(30(33)26(7)25(6)29(27)32)19-21-31(8,34)20-12-18-24(5)17-11-16-23(4)15-10-14-22(2)3/h9,19,21-24,32-34H,1,10-18,20H2,2-8H3/t23-,24-,31-/m1/s1. The van der Waals surface area contributed by atoms with Crippen molar-refractivity contribution in [3.8, 4) is 11.5 Å². The van der Waals surface area contributed by atoms with E-state index in [2.05, 4.69) is 34.3 Å². The van der Waals surface area contributed by atoms with Crippen molar-refractivity contribution < 1.29 is 15.3 Å². The van der Waals surface area contributed by atoms with Crippen LogP contribution in [-0.4, -0.2) is 20.9 Å². The van der Waals surface area contributed by atoms with Gasteiger partial charge in [-0.2, -0.15) is 0 Å². The Morgan fingerprint density at radius 3 is 1.85 bits per heavy atom. The van der Waals surface area contributed by atoms with Crippen molar-refractivity contribution in [3.05, 3.63) is 41.0 Å². The van der Waals surface area contributed by atoms with Crippen molar-refractivity contribution in [2.24, 2.45) is 17.8 Å². The van der Waals surface area contributed by atoms with E-state index in [4.69, 9.17) is 0 Å². The van der Waals surface area contributed by atoms with Gasteiger partial charge in [0.25, 0.3) is 0 Å². The fourth-order valence-electron chi connectivity index (χ4n) is 4.72. The van der Waals surface area contributed by atoms with E-state index in [0.29, 0.717) is 41.0 Å². The summed E-state index contributed by atoms with van der Waals surface area (Å²) in [5.41, 5.74) is 1.59. The van der Waals surface area contributed by atoms with Gasteiger partial charge in [0, 0.05) is 11.1 Å². The number of hydrogen-bond acceptors (Lipinski definition) is 3. The summed E-state index contributed by atoms with van der Waals surface area (Å²) in [6.07, 6.45) is 16.4. The largest absolute Gasteiger partial charge is 0.507 e. The number of aliphatic hydroxyl groups is 1. The van der Waals surface area contributed by atoms with Gasteiger partial charge in [0.15, 0.2) is 0 Å². The smallest absolute Gasteiger partial charge is 0.126 e. The Morgan fingerprint density at radius 1 is 0.824 bits per heavy atom. The van der Waals surface area contributed by atoms with Gasteiger partial charge in [-0.3, -0.25) is 0 Å². The first-order valence-corrected chi connectivity index (χ1v) is 13.5. The quantitative estimate of drug-likeness (QED) is 0.167. The molecule has 1 aromatic carbocycles. The van der Waals surface area contributed by atoms with Crippen LogP contribution in [0.2, 0.25) is 0 Å². The van der Waals surface area contributed by atoms with Crippen molar-refractivity contribution >= 4 is 6.08 Å². The second-order valence-electron chi connectivity index (χ2n) is 11.4. The SMILES string of the molecule is C=CCc1c(O)c(C)c(C)c(O)c1C=C[C@](C)(O)CCC[C@H](C)CCC[C@H](C)CCCC(C)C. The molecule has 0 heterocycles. The van der Waals surface area contributed by atoms with E-state index >= 15 is 0 Å². The summed E-state index contributed by atoms with van der Waals surface area (Å²) in [5, 5.41) is 32.1. The molecule has 3 atom stereocenters. The molecule has 3 nitrogen and oxygen atoms in total. The fraction of sp³-hybridized carbons (Fsp3) is 0.677. The van der Waals surface area contributed by atoms with Gasteiger partial charge in [-0.05, 0) is 62.5 Å². The van der Waals surface area contributed by atoms with Crippen LogP contribution in [0.15, 0.2) is 18.7 Å². The minimum Gasteiger partial charge on any atom is -0.507 e. The van der Waals surface area contributed by atoms with Crippen molar-refractivity contribution in [1.82, 2.24) is 0 Å². The maximum absolute atomic E-state index is 10.9. The summed E-state index contributed by atoms with van der Waals surface area (Å²) < 4.78 is 0. The zero-order chi connectivity index (χ0) is 25.9. The average molecular weight is 473 g/mol. The second kappa shape index (κ2) is 14.6. The predicted octanol–water partition coefficient (Wildman–Crippen LogP) is 8.65. The van der Waals surface area contributed by atoms with Crippen molar-refractivity contribution in [2.45, 2.75) is 118 Å². The lowest BCUT2D eigenvalue weighted by molar-refractivity contribution is 0.0979. The Labute approximate surface area is 210 Å². The molecule has 34 heavy (non-hydrogen) atoms. The Hall–Kier alpha value is -1.74. The Balaban J connectivity index is 2.56. The van der Waals surface area contributed by atoms with Crippen LogP contribution in [0.5, 0.6) is 11.5 Å². The van der Waals surface area contributed by atoms with Crippen molar-refractivity contribution in [1.29, 1.82) is 0 Å². The van der Waals surface area contributed by atoms with Crippen LogP contribution in [0.1, 0.15) is 115 Å². The third-order valence-electron chi connectivity index (χ3n) is 7.35. The first-order valence-electron chi connectivity index (χ1n) is 13.5. The van der Waals surface area contributed by atoms with Gasteiger partial charge >= 0.3 is 0 Å².